The maximum atomic E-state index is 12.2. The summed E-state index contributed by atoms with van der Waals surface area (Å²) < 4.78 is 22.0. The number of methoxy groups -OCH3 is 1. The first-order valence-corrected chi connectivity index (χ1v) is 11.6. The zero-order valence-corrected chi connectivity index (χ0v) is 20.6. The number of rotatable bonds is 12. The molecule has 0 aromatic heterocycles. The average molecular weight is 494 g/mol. The highest BCUT2D eigenvalue weighted by atomic mass is 16.5. The van der Waals surface area contributed by atoms with Crippen molar-refractivity contribution in [2.45, 2.75) is 38.9 Å². The van der Waals surface area contributed by atoms with E-state index in [1.807, 2.05) is 36.4 Å². The van der Waals surface area contributed by atoms with Crippen molar-refractivity contribution in [1.82, 2.24) is 0 Å². The Morgan fingerprint density at radius 2 is 1.64 bits per heavy atom. The summed E-state index contributed by atoms with van der Waals surface area (Å²) in [5, 5.41) is 12.1. The van der Waals surface area contributed by atoms with Crippen molar-refractivity contribution >= 4 is 17.7 Å². The van der Waals surface area contributed by atoms with Crippen LogP contribution < -0.4 is 14.8 Å². The van der Waals surface area contributed by atoms with E-state index >= 15 is 0 Å². The Morgan fingerprint density at radius 3 is 2.28 bits per heavy atom. The maximum Gasteiger partial charge on any atom is 0.411 e. The largest absolute Gasteiger partial charge is 0.496 e. The zero-order chi connectivity index (χ0) is 25.9. The van der Waals surface area contributed by atoms with E-state index in [1.54, 1.807) is 57.4 Å². The minimum atomic E-state index is -1.01. The zero-order valence-electron chi connectivity index (χ0n) is 20.6. The Labute approximate surface area is 210 Å². The molecule has 0 radical (unpaired) electrons. The highest BCUT2D eigenvalue weighted by Crippen LogP contribution is 2.24. The molecule has 0 spiro atoms. The molecule has 0 aliphatic carbocycles. The SMILES string of the molecule is COc1ccc(CC(OC(C)C)C(=O)O)cc1CCOC(=O)Nc1ccc(Oc2ccccc2)cc1. The van der Waals surface area contributed by atoms with Crippen LogP contribution in [0, 0.1) is 0 Å². The van der Waals surface area contributed by atoms with Crippen molar-refractivity contribution in [2.24, 2.45) is 0 Å². The van der Waals surface area contributed by atoms with Crippen LogP contribution in [0.2, 0.25) is 0 Å². The van der Waals surface area contributed by atoms with Gasteiger partial charge in [-0.2, -0.15) is 0 Å². The Bertz CT molecular complexity index is 1130. The molecule has 0 fully saturated rings. The average Bonchev–Trinajstić information content (AvgIpc) is 2.85. The second kappa shape index (κ2) is 13.2. The van der Waals surface area contributed by atoms with Crippen molar-refractivity contribution in [3.05, 3.63) is 83.9 Å². The van der Waals surface area contributed by atoms with Gasteiger partial charge in [0.05, 0.1) is 19.8 Å². The van der Waals surface area contributed by atoms with E-state index < -0.39 is 18.2 Å². The third-order valence-corrected chi connectivity index (χ3v) is 5.16. The van der Waals surface area contributed by atoms with E-state index in [-0.39, 0.29) is 19.1 Å². The number of para-hydroxylation sites is 1. The highest BCUT2D eigenvalue weighted by Gasteiger charge is 2.21. The number of anilines is 1. The maximum absolute atomic E-state index is 12.2. The lowest BCUT2D eigenvalue weighted by atomic mass is 10.0. The van der Waals surface area contributed by atoms with Crippen molar-refractivity contribution in [3.8, 4) is 17.2 Å². The number of carboxylic acid groups (broad SMARTS) is 1. The summed E-state index contributed by atoms with van der Waals surface area (Å²) in [5.41, 5.74) is 2.17. The first kappa shape index (κ1) is 26.6. The van der Waals surface area contributed by atoms with Crippen molar-refractivity contribution in [2.75, 3.05) is 19.0 Å². The molecule has 3 aromatic carbocycles. The van der Waals surface area contributed by atoms with Gasteiger partial charge in [0.2, 0.25) is 0 Å². The summed E-state index contributed by atoms with van der Waals surface area (Å²) in [7, 11) is 1.55. The first-order chi connectivity index (χ1) is 17.3. The van der Waals surface area contributed by atoms with Crippen molar-refractivity contribution in [1.29, 1.82) is 0 Å². The fourth-order valence-electron chi connectivity index (χ4n) is 3.53. The second-order valence-electron chi connectivity index (χ2n) is 8.31. The van der Waals surface area contributed by atoms with Gasteiger partial charge in [-0.25, -0.2) is 9.59 Å². The molecule has 3 aromatic rings. The molecule has 8 nitrogen and oxygen atoms in total. The van der Waals surface area contributed by atoms with E-state index in [4.69, 9.17) is 18.9 Å². The Balaban J connectivity index is 1.52. The second-order valence-corrected chi connectivity index (χ2v) is 8.31. The summed E-state index contributed by atoms with van der Waals surface area (Å²) in [6.45, 7) is 3.71. The van der Waals surface area contributed by atoms with E-state index in [1.165, 1.54) is 0 Å². The minimum absolute atomic E-state index is 0.117. The molecule has 3 rings (SSSR count). The molecule has 0 saturated carbocycles. The molecule has 0 aliphatic heterocycles. The number of benzene rings is 3. The van der Waals surface area contributed by atoms with Gasteiger partial charge >= 0.3 is 12.1 Å². The van der Waals surface area contributed by atoms with Crippen LogP contribution in [0.1, 0.15) is 25.0 Å². The molecule has 1 atom stereocenters. The van der Waals surface area contributed by atoms with Crippen LogP contribution in [-0.2, 0) is 27.1 Å². The van der Waals surface area contributed by atoms with Gasteiger partial charge in [-0.05, 0) is 67.4 Å². The number of carboxylic acids is 1. The highest BCUT2D eigenvalue weighted by molar-refractivity contribution is 5.84. The molecule has 0 saturated heterocycles. The summed E-state index contributed by atoms with van der Waals surface area (Å²) >= 11 is 0. The van der Waals surface area contributed by atoms with Crippen LogP contribution in [0.25, 0.3) is 0 Å². The van der Waals surface area contributed by atoms with Gasteiger partial charge < -0.3 is 24.1 Å². The normalized spacial score (nSPS) is 11.6. The molecule has 1 unspecified atom stereocenters. The molecule has 190 valence electrons. The molecule has 1 amide bonds. The lowest BCUT2D eigenvalue weighted by Gasteiger charge is -2.17. The molecule has 36 heavy (non-hydrogen) atoms. The van der Waals surface area contributed by atoms with Crippen LogP contribution in [0.4, 0.5) is 10.5 Å². The number of ether oxygens (including phenoxy) is 4. The predicted molar refractivity (Wildman–Crippen MR) is 136 cm³/mol. The summed E-state index contributed by atoms with van der Waals surface area (Å²) in [6.07, 6.45) is -1.12. The van der Waals surface area contributed by atoms with E-state index in [0.29, 0.717) is 23.6 Å². The van der Waals surface area contributed by atoms with Gasteiger partial charge in [0.15, 0.2) is 6.10 Å². The van der Waals surface area contributed by atoms with Crippen LogP contribution in [0.15, 0.2) is 72.8 Å². The predicted octanol–water partition coefficient (Wildman–Crippen LogP) is 5.70. The first-order valence-electron chi connectivity index (χ1n) is 11.6. The number of hydrogen-bond acceptors (Lipinski definition) is 6. The number of carbonyl (C=O) groups excluding carboxylic acids is 1. The molecule has 0 aliphatic rings. The molecule has 8 heteroatoms. The quantitative estimate of drug-likeness (QED) is 0.334. The van der Waals surface area contributed by atoms with E-state index in [9.17, 15) is 14.7 Å². The molecule has 2 N–H and O–H groups in total. The van der Waals surface area contributed by atoms with E-state index in [0.717, 1.165) is 16.9 Å². The number of amides is 1. The number of carbonyl (C=O) groups is 2. The molecular formula is C28H31NO7. The van der Waals surface area contributed by atoms with Gasteiger partial charge in [-0.3, -0.25) is 5.32 Å². The van der Waals surface area contributed by atoms with Crippen molar-refractivity contribution < 1.29 is 33.6 Å². The summed E-state index contributed by atoms with van der Waals surface area (Å²) in [5.74, 6) is 0.994. The standard InChI is InChI=1S/C28H31NO7/c1-19(2)35-26(27(30)31)18-20-9-14-25(33-3)21(17-20)15-16-34-28(32)29-22-10-12-24(13-11-22)36-23-7-5-4-6-8-23/h4-14,17,19,26H,15-16,18H2,1-3H3,(H,29,32)(H,30,31). The van der Waals surface area contributed by atoms with Gasteiger partial charge in [0, 0.05) is 18.5 Å². The fraction of sp³-hybridized carbons (Fsp3) is 0.286. The third kappa shape index (κ3) is 8.32. The number of hydrogen-bond donors (Lipinski definition) is 2. The lowest BCUT2D eigenvalue weighted by Crippen LogP contribution is -2.29. The van der Waals surface area contributed by atoms with Crippen LogP contribution in [-0.4, -0.2) is 43.1 Å². The molecule has 0 bridgehead atoms. The Hall–Kier alpha value is -4.04. The molecule has 0 heterocycles. The Morgan fingerprint density at radius 1 is 0.944 bits per heavy atom. The number of aliphatic carboxylic acids is 1. The van der Waals surface area contributed by atoms with Gasteiger partial charge in [-0.1, -0.05) is 30.3 Å². The summed E-state index contributed by atoms with van der Waals surface area (Å²) in [4.78, 5) is 23.8. The van der Waals surface area contributed by atoms with E-state index in [2.05, 4.69) is 5.32 Å². The van der Waals surface area contributed by atoms with Crippen molar-refractivity contribution in [3.63, 3.8) is 0 Å². The monoisotopic (exact) mass is 493 g/mol. The van der Waals surface area contributed by atoms with Crippen LogP contribution in [0.3, 0.4) is 0 Å². The third-order valence-electron chi connectivity index (χ3n) is 5.16. The lowest BCUT2D eigenvalue weighted by molar-refractivity contribution is -0.153. The van der Waals surface area contributed by atoms with Gasteiger partial charge in [-0.15, -0.1) is 0 Å². The fourth-order valence-corrected chi connectivity index (χ4v) is 3.53. The van der Waals surface area contributed by atoms with Crippen LogP contribution >= 0.6 is 0 Å². The minimum Gasteiger partial charge on any atom is -0.496 e. The smallest absolute Gasteiger partial charge is 0.411 e. The van der Waals surface area contributed by atoms with Crippen LogP contribution in [0.5, 0.6) is 17.2 Å². The topological polar surface area (TPSA) is 103 Å². The molecular weight excluding hydrogens is 462 g/mol. The Kier molecular flexibility index (Phi) is 9.71. The number of nitrogens with one attached hydrogen (secondary N) is 1. The summed E-state index contributed by atoms with van der Waals surface area (Å²) in [6, 6.07) is 21.8. The van der Waals surface area contributed by atoms with Gasteiger partial charge in [0.25, 0.3) is 0 Å². The van der Waals surface area contributed by atoms with Gasteiger partial charge in [0.1, 0.15) is 17.2 Å².